The maximum Gasteiger partial charge on any atom is 0.695 e. The fourth-order valence-corrected chi connectivity index (χ4v) is 3.19. The van der Waals surface area contributed by atoms with Crippen LogP contribution in [0.4, 0.5) is 12.3 Å². The minimum Gasteiger partial charge on any atom is -0.255 e. The molecule has 1 nitrogen and oxygen atoms in total. The van der Waals surface area contributed by atoms with Crippen molar-refractivity contribution >= 4 is 30.3 Å². The Kier molecular flexibility index (Phi) is 2.70. The molecule has 0 saturated heterocycles. The van der Waals surface area contributed by atoms with Gasteiger partial charge in [-0.05, 0) is 23.3 Å². The van der Waals surface area contributed by atoms with Gasteiger partial charge in [0.15, 0.2) is 0 Å². The lowest BCUT2D eigenvalue weighted by Crippen LogP contribution is -2.08. The van der Waals surface area contributed by atoms with Crippen molar-refractivity contribution in [2.45, 2.75) is 4.90 Å². The molecule has 0 saturated carbocycles. The van der Waals surface area contributed by atoms with Crippen molar-refractivity contribution in [2.24, 2.45) is 0 Å². The van der Waals surface area contributed by atoms with E-state index in [1.165, 1.54) is 12.3 Å². The van der Waals surface area contributed by atoms with Gasteiger partial charge in [0.1, 0.15) is 0 Å². The first-order valence-corrected chi connectivity index (χ1v) is 7.33. The Balaban J connectivity index is 2.52. The first-order valence-electron chi connectivity index (χ1n) is 4.16. The number of pyridine rings is 1. The van der Waals surface area contributed by atoms with Gasteiger partial charge in [-0.25, -0.2) is 12.3 Å². The number of para-hydroxylation sites is 1. The zero-order valence-corrected chi connectivity index (χ0v) is 9.27. The summed E-state index contributed by atoms with van der Waals surface area (Å²) in [5.74, 6) is 0. The van der Waals surface area contributed by atoms with Crippen LogP contribution < -0.4 is 0 Å². The molecule has 0 aliphatic carbocycles. The highest BCUT2D eigenvalue weighted by atomic mass is 32.4. The number of hydrogen-bond acceptors (Lipinski definition) is 2. The van der Waals surface area contributed by atoms with Crippen molar-refractivity contribution in [1.82, 2.24) is 4.98 Å². The quantitative estimate of drug-likeness (QED) is 0.591. The fraction of sp³-hybridized carbons (Fsp3) is 0. The van der Waals surface area contributed by atoms with Crippen molar-refractivity contribution in [3.8, 4) is 0 Å². The van der Waals surface area contributed by atoms with Crippen LogP contribution in [0, 0.1) is 0 Å². The van der Waals surface area contributed by atoms with E-state index in [0.717, 1.165) is 5.39 Å². The van der Waals surface area contributed by atoms with Crippen LogP contribution >= 0.6 is 11.2 Å². The van der Waals surface area contributed by atoms with E-state index >= 15 is 0 Å². The largest absolute Gasteiger partial charge is 0.695 e. The first kappa shape index (κ1) is 10.5. The lowest BCUT2D eigenvalue weighted by Gasteiger charge is -2.05. The molecule has 0 radical (unpaired) electrons. The Morgan fingerprint density at radius 3 is 2.53 bits per heavy atom. The summed E-state index contributed by atoms with van der Waals surface area (Å²) in [7, 11) is -5.64. The molecule has 0 spiro atoms. The number of nitrogens with zero attached hydrogens (tertiary/aromatic N) is 1. The van der Waals surface area contributed by atoms with Crippen LogP contribution in [0.3, 0.4) is 0 Å². The molecular formula is C9H6F3NSSi. The predicted octanol–water partition coefficient (Wildman–Crippen LogP) is 3.67. The third-order valence-electron chi connectivity index (χ3n) is 1.82. The van der Waals surface area contributed by atoms with Gasteiger partial charge >= 0.3 is 8.22 Å². The van der Waals surface area contributed by atoms with E-state index in [1.807, 2.05) is 0 Å². The van der Waals surface area contributed by atoms with Crippen molar-refractivity contribution in [3.63, 3.8) is 0 Å². The van der Waals surface area contributed by atoms with E-state index in [-0.39, 0.29) is 16.1 Å². The molecule has 0 unspecified atom stereocenters. The molecule has 2 rings (SSSR count). The van der Waals surface area contributed by atoms with E-state index < -0.39 is 8.22 Å². The number of benzene rings is 1. The molecule has 78 valence electrons. The Labute approximate surface area is 89.5 Å². The molecule has 0 aliphatic heterocycles. The number of halogens is 3. The minimum absolute atomic E-state index is 0.00662. The fourth-order valence-electron chi connectivity index (χ4n) is 1.28. The summed E-state index contributed by atoms with van der Waals surface area (Å²) in [4.78, 5) is 4.17. The number of fused-ring (bicyclic) bond motifs is 1. The zero-order chi connectivity index (χ0) is 10.9. The van der Waals surface area contributed by atoms with Gasteiger partial charge in [0.05, 0.1) is 5.52 Å². The molecule has 0 fully saturated rings. The smallest absolute Gasteiger partial charge is 0.255 e. The first-order chi connectivity index (χ1) is 7.06. The molecule has 0 bridgehead atoms. The molecule has 0 amide bonds. The van der Waals surface area contributed by atoms with Crippen LogP contribution in [0.5, 0.6) is 0 Å². The summed E-state index contributed by atoms with van der Waals surface area (Å²) in [6.07, 6.45) is 1.50. The average Bonchev–Trinajstić information content (AvgIpc) is 2.16. The van der Waals surface area contributed by atoms with E-state index in [1.54, 1.807) is 24.3 Å². The summed E-state index contributed by atoms with van der Waals surface area (Å²) in [6.45, 7) is 0. The van der Waals surface area contributed by atoms with Crippen molar-refractivity contribution < 1.29 is 12.3 Å². The third-order valence-corrected chi connectivity index (χ3v) is 3.96. The van der Waals surface area contributed by atoms with E-state index in [9.17, 15) is 12.3 Å². The second-order valence-corrected chi connectivity index (χ2v) is 6.42. The molecule has 0 N–H and O–H groups in total. The topological polar surface area (TPSA) is 12.9 Å². The maximum atomic E-state index is 12.3. The Hall–Kier alpha value is -1.01. The molecule has 1 heterocycles. The standard InChI is InChI=1S/C9H6F3NSSi/c10-15(11,12)14-8-5-1-3-7-4-2-6-13-9(7)8/h1-6H. The second-order valence-electron chi connectivity index (χ2n) is 2.88. The normalized spacial score (nSPS) is 11.9. The van der Waals surface area contributed by atoms with Crippen LogP contribution in [0.25, 0.3) is 10.9 Å². The van der Waals surface area contributed by atoms with E-state index in [4.69, 9.17) is 0 Å². The van der Waals surface area contributed by atoms with Gasteiger partial charge in [-0.3, -0.25) is 4.98 Å². The van der Waals surface area contributed by atoms with Gasteiger partial charge in [0.25, 0.3) is 0 Å². The minimum atomic E-state index is -5.64. The van der Waals surface area contributed by atoms with Gasteiger partial charge in [-0.2, -0.15) is 0 Å². The highest BCUT2D eigenvalue weighted by molar-refractivity contribution is 8.26. The lowest BCUT2D eigenvalue weighted by atomic mass is 10.2. The van der Waals surface area contributed by atoms with Gasteiger partial charge < -0.3 is 0 Å². The molecule has 1 aromatic heterocycles. The predicted molar refractivity (Wildman–Crippen MR) is 56.7 cm³/mol. The lowest BCUT2D eigenvalue weighted by molar-refractivity contribution is 0.520. The molecule has 15 heavy (non-hydrogen) atoms. The summed E-state index contributed by atoms with van der Waals surface area (Å²) < 4.78 is 37.0. The maximum absolute atomic E-state index is 12.3. The number of hydrogen-bond donors (Lipinski definition) is 0. The Morgan fingerprint density at radius 2 is 1.80 bits per heavy atom. The molecule has 1 aromatic carbocycles. The van der Waals surface area contributed by atoms with Gasteiger partial charge in [-0.1, -0.05) is 18.2 Å². The Bertz CT molecular complexity index is 481. The van der Waals surface area contributed by atoms with Crippen molar-refractivity contribution in [1.29, 1.82) is 0 Å². The summed E-state index contributed by atoms with van der Waals surface area (Å²) in [5, 5.41) is 0.737. The van der Waals surface area contributed by atoms with Crippen LogP contribution in [0.15, 0.2) is 41.4 Å². The zero-order valence-electron chi connectivity index (χ0n) is 7.45. The van der Waals surface area contributed by atoms with Crippen LogP contribution in [-0.4, -0.2) is 13.2 Å². The molecule has 6 heteroatoms. The third kappa shape index (κ3) is 2.51. The highest BCUT2D eigenvalue weighted by Gasteiger charge is 2.39. The summed E-state index contributed by atoms with van der Waals surface area (Å²) in [6, 6.07) is 8.30. The molecular weight excluding hydrogens is 239 g/mol. The van der Waals surface area contributed by atoms with Crippen LogP contribution in [0.1, 0.15) is 0 Å². The summed E-state index contributed by atoms with van der Waals surface area (Å²) >= 11 is 0.00662. The van der Waals surface area contributed by atoms with Gasteiger partial charge in [0.2, 0.25) is 0 Å². The number of rotatable bonds is 2. The van der Waals surface area contributed by atoms with Crippen LogP contribution in [0.2, 0.25) is 0 Å². The van der Waals surface area contributed by atoms with Gasteiger partial charge in [0, 0.05) is 16.5 Å². The van der Waals surface area contributed by atoms with E-state index in [2.05, 4.69) is 4.98 Å². The molecule has 2 aromatic rings. The van der Waals surface area contributed by atoms with Crippen molar-refractivity contribution in [2.75, 3.05) is 0 Å². The monoisotopic (exact) mass is 245 g/mol. The van der Waals surface area contributed by atoms with Gasteiger partial charge in [-0.15, -0.1) is 0 Å². The molecule has 0 aliphatic rings. The highest BCUT2D eigenvalue weighted by Crippen LogP contribution is 2.35. The van der Waals surface area contributed by atoms with Crippen LogP contribution in [-0.2, 0) is 0 Å². The number of aromatic nitrogens is 1. The van der Waals surface area contributed by atoms with E-state index in [0.29, 0.717) is 5.52 Å². The summed E-state index contributed by atoms with van der Waals surface area (Å²) in [5.41, 5.74) is 0.426. The van der Waals surface area contributed by atoms with Crippen molar-refractivity contribution in [3.05, 3.63) is 36.5 Å². The SMILES string of the molecule is F[Si](F)(F)Sc1cccc2cccnc12. The Morgan fingerprint density at radius 1 is 1.07 bits per heavy atom. The second kappa shape index (κ2) is 3.86. The average molecular weight is 245 g/mol. The molecule has 0 atom stereocenters.